The van der Waals surface area contributed by atoms with Crippen LogP contribution in [0.25, 0.3) is 16.6 Å². The molecule has 1 aliphatic rings. The molecule has 0 unspecified atom stereocenters. The van der Waals surface area contributed by atoms with E-state index >= 15 is 0 Å². The molecule has 7 nitrogen and oxygen atoms in total. The number of aromatic nitrogens is 2. The van der Waals surface area contributed by atoms with Gasteiger partial charge >= 0.3 is 5.97 Å². The largest absolute Gasteiger partial charge is 0.508 e. The van der Waals surface area contributed by atoms with Gasteiger partial charge in [-0.1, -0.05) is 17.7 Å². The number of nitrogens with zero attached hydrogens (tertiary/aromatic N) is 3. The Balaban J connectivity index is 1.74. The Morgan fingerprint density at radius 1 is 1.10 bits per heavy atom. The first kappa shape index (κ1) is 19.1. The fraction of sp³-hybridized carbons (Fsp3) is 0.0870. The lowest BCUT2D eigenvalue weighted by Gasteiger charge is -2.21. The second-order valence-corrected chi connectivity index (χ2v) is 7.76. The number of hydrogen-bond acceptors (Lipinski definition) is 5. The number of hydrogen-bond donors (Lipinski definition) is 2. The Labute approximate surface area is 181 Å². The van der Waals surface area contributed by atoms with Gasteiger partial charge in [0.1, 0.15) is 11.3 Å². The Bertz CT molecular complexity index is 1390. The molecule has 8 heteroatoms. The van der Waals surface area contributed by atoms with Crippen molar-refractivity contribution >= 4 is 34.2 Å². The number of benzene rings is 2. The van der Waals surface area contributed by atoms with Crippen molar-refractivity contribution < 1.29 is 15.0 Å². The normalized spacial score (nSPS) is 12.9. The van der Waals surface area contributed by atoms with Crippen LogP contribution in [0, 0.1) is 0 Å². The van der Waals surface area contributed by atoms with Crippen LogP contribution in [-0.2, 0) is 13.1 Å². The summed E-state index contributed by atoms with van der Waals surface area (Å²) in [5, 5.41) is 19.7. The molecule has 4 aromatic rings. The number of fused-ring (bicyclic) bond motifs is 2. The minimum absolute atomic E-state index is 0.0821. The van der Waals surface area contributed by atoms with Crippen molar-refractivity contribution in [2.45, 2.75) is 13.1 Å². The topological polar surface area (TPSA) is 95.7 Å². The number of halogens is 1. The van der Waals surface area contributed by atoms with E-state index in [2.05, 4.69) is 9.88 Å². The summed E-state index contributed by atoms with van der Waals surface area (Å²) in [6.07, 6.45) is 3.05. The van der Waals surface area contributed by atoms with Gasteiger partial charge in [-0.3, -0.25) is 9.78 Å². The van der Waals surface area contributed by atoms with E-state index in [0.717, 1.165) is 16.9 Å². The standard InChI is InChI=1S/C23H16ClN3O4/c24-18-8-16-20(9-21(18)26-10-13-2-1-7-25-19(13)12-26)27(11-17(22(16)29)23(30)31)14-3-5-15(28)6-4-14/h1-9,11,28H,10,12H2,(H,30,31). The molecule has 5 rings (SSSR count). The molecule has 0 amide bonds. The lowest BCUT2D eigenvalue weighted by Crippen LogP contribution is -2.20. The van der Waals surface area contributed by atoms with E-state index in [-0.39, 0.29) is 16.7 Å². The summed E-state index contributed by atoms with van der Waals surface area (Å²) in [6.45, 7) is 1.21. The maximum atomic E-state index is 12.9. The van der Waals surface area contributed by atoms with Crippen LogP contribution in [0.4, 0.5) is 5.69 Å². The average Bonchev–Trinajstić information content (AvgIpc) is 3.18. The summed E-state index contributed by atoms with van der Waals surface area (Å²) in [5.41, 5.74) is 2.96. The first-order chi connectivity index (χ1) is 14.9. The number of pyridine rings is 2. The van der Waals surface area contributed by atoms with Gasteiger partial charge in [0, 0.05) is 30.0 Å². The smallest absolute Gasteiger partial charge is 0.341 e. The molecule has 0 fully saturated rings. The SMILES string of the molecule is O=C(O)c1cn(-c2ccc(O)cc2)c2cc(N3Cc4cccnc4C3)c(Cl)cc2c1=O. The lowest BCUT2D eigenvalue weighted by atomic mass is 10.1. The highest BCUT2D eigenvalue weighted by Crippen LogP contribution is 2.35. The Morgan fingerprint density at radius 2 is 1.87 bits per heavy atom. The number of carboxylic acids is 1. The summed E-state index contributed by atoms with van der Waals surface area (Å²) >= 11 is 6.56. The van der Waals surface area contributed by atoms with Gasteiger partial charge in [0.2, 0.25) is 5.43 Å². The number of rotatable bonds is 3. The number of anilines is 1. The number of aromatic hydroxyl groups is 1. The first-order valence-corrected chi connectivity index (χ1v) is 9.89. The highest BCUT2D eigenvalue weighted by Gasteiger charge is 2.24. The second kappa shape index (κ2) is 7.14. The molecule has 0 saturated heterocycles. The fourth-order valence-corrected chi connectivity index (χ4v) is 4.21. The molecule has 2 N–H and O–H groups in total. The minimum Gasteiger partial charge on any atom is -0.508 e. The van der Waals surface area contributed by atoms with Gasteiger partial charge in [-0.2, -0.15) is 0 Å². The Hall–Kier alpha value is -3.84. The van der Waals surface area contributed by atoms with E-state index in [1.54, 1.807) is 29.0 Å². The Kier molecular flexibility index (Phi) is 4.41. The number of phenolic OH excluding ortho intramolecular Hbond substituents is 1. The van der Waals surface area contributed by atoms with Crippen LogP contribution in [0.1, 0.15) is 21.6 Å². The fourth-order valence-electron chi connectivity index (χ4n) is 3.93. The zero-order valence-corrected chi connectivity index (χ0v) is 16.9. The van der Waals surface area contributed by atoms with Gasteiger partial charge in [-0.05, 0) is 48.0 Å². The van der Waals surface area contributed by atoms with Crippen molar-refractivity contribution in [3.63, 3.8) is 0 Å². The van der Waals surface area contributed by atoms with E-state index < -0.39 is 11.4 Å². The Morgan fingerprint density at radius 3 is 2.58 bits per heavy atom. The number of carbonyl (C=O) groups is 1. The molecule has 2 aromatic heterocycles. The maximum Gasteiger partial charge on any atom is 0.341 e. The zero-order valence-electron chi connectivity index (χ0n) is 16.1. The average molecular weight is 434 g/mol. The summed E-state index contributed by atoms with van der Waals surface area (Å²) in [4.78, 5) is 31.0. The monoisotopic (exact) mass is 433 g/mol. The molecule has 2 aromatic carbocycles. The van der Waals surface area contributed by atoms with Crippen LogP contribution in [-0.4, -0.2) is 25.7 Å². The molecule has 0 spiro atoms. The summed E-state index contributed by atoms with van der Waals surface area (Å²) in [5.74, 6) is -1.24. The van der Waals surface area contributed by atoms with Gasteiger partial charge in [-0.15, -0.1) is 0 Å². The second-order valence-electron chi connectivity index (χ2n) is 7.35. The highest BCUT2D eigenvalue weighted by atomic mass is 35.5. The van der Waals surface area contributed by atoms with Crippen LogP contribution in [0.15, 0.2) is 65.7 Å². The molecule has 31 heavy (non-hydrogen) atoms. The third-order valence-corrected chi connectivity index (χ3v) is 5.76. The van der Waals surface area contributed by atoms with Gasteiger partial charge in [0.05, 0.1) is 28.5 Å². The molecule has 0 bridgehead atoms. The van der Waals surface area contributed by atoms with Crippen molar-refractivity contribution in [2.75, 3.05) is 4.90 Å². The molecule has 3 heterocycles. The molecule has 0 saturated carbocycles. The van der Waals surface area contributed by atoms with E-state index in [9.17, 15) is 19.8 Å². The van der Waals surface area contributed by atoms with Crippen molar-refractivity contribution in [3.05, 3.63) is 93.0 Å². The van der Waals surface area contributed by atoms with Crippen molar-refractivity contribution in [1.82, 2.24) is 9.55 Å². The number of aromatic carboxylic acids is 1. The number of phenols is 1. The summed E-state index contributed by atoms with van der Waals surface area (Å²) < 4.78 is 1.63. The number of carboxylic acid groups (broad SMARTS) is 1. The van der Waals surface area contributed by atoms with Crippen molar-refractivity contribution in [1.29, 1.82) is 0 Å². The van der Waals surface area contributed by atoms with Gasteiger partial charge in [0.15, 0.2) is 0 Å². The molecule has 154 valence electrons. The quantitative estimate of drug-likeness (QED) is 0.507. The van der Waals surface area contributed by atoms with Crippen LogP contribution in [0.3, 0.4) is 0 Å². The molecule has 0 atom stereocenters. The lowest BCUT2D eigenvalue weighted by molar-refractivity contribution is 0.0695. The summed E-state index contributed by atoms with van der Waals surface area (Å²) in [7, 11) is 0. The minimum atomic E-state index is -1.32. The van der Waals surface area contributed by atoms with E-state index in [0.29, 0.717) is 29.3 Å². The van der Waals surface area contributed by atoms with Crippen LogP contribution in [0.2, 0.25) is 5.02 Å². The third-order valence-electron chi connectivity index (χ3n) is 5.46. The van der Waals surface area contributed by atoms with Crippen LogP contribution < -0.4 is 10.3 Å². The van der Waals surface area contributed by atoms with Crippen LogP contribution in [0.5, 0.6) is 5.75 Å². The van der Waals surface area contributed by atoms with Crippen molar-refractivity contribution in [3.8, 4) is 11.4 Å². The molecule has 0 aliphatic carbocycles. The first-order valence-electron chi connectivity index (χ1n) is 9.51. The van der Waals surface area contributed by atoms with Crippen molar-refractivity contribution in [2.24, 2.45) is 0 Å². The van der Waals surface area contributed by atoms with Crippen LogP contribution >= 0.6 is 11.6 Å². The maximum absolute atomic E-state index is 12.9. The predicted molar refractivity (Wildman–Crippen MR) is 117 cm³/mol. The summed E-state index contributed by atoms with van der Waals surface area (Å²) in [6, 6.07) is 13.5. The van der Waals surface area contributed by atoms with E-state index in [4.69, 9.17) is 11.6 Å². The van der Waals surface area contributed by atoms with Gasteiger partial charge in [-0.25, -0.2) is 4.79 Å². The van der Waals surface area contributed by atoms with E-state index in [1.807, 2.05) is 12.1 Å². The molecular weight excluding hydrogens is 418 g/mol. The molecule has 1 aliphatic heterocycles. The zero-order chi connectivity index (χ0) is 21.7. The molecule has 0 radical (unpaired) electrons. The molecular formula is C23H16ClN3O4. The third kappa shape index (κ3) is 3.19. The van der Waals surface area contributed by atoms with E-state index in [1.165, 1.54) is 24.4 Å². The highest BCUT2D eigenvalue weighted by molar-refractivity contribution is 6.34. The van der Waals surface area contributed by atoms with Gasteiger partial charge < -0.3 is 19.7 Å². The van der Waals surface area contributed by atoms with Gasteiger partial charge in [0.25, 0.3) is 0 Å². The predicted octanol–water partition coefficient (Wildman–Crippen LogP) is 3.96.